The molecule has 0 radical (unpaired) electrons. The number of amides is 2. The van der Waals surface area contributed by atoms with E-state index in [0.717, 1.165) is 5.56 Å². The lowest BCUT2D eigenvalue weighted by Crippen LogP contribution is -2.32. The summed E-state index contributed by atoms with van der Waals surface area (Å²) >= 11 is 0. The van der Waals surface area contributed by atoms with Crippen LogP contribution in [-0.2, 0) is 9.59 Å². The number of benzene rings is 2. The first-order chi connectivity index (χ1) is 14.3. The maximum absolute atomic E-state index is 11.1. The van der Waals surface area contributed by atoms with Crippen molar-refractivity contribution in [2.45, 2.75) is 13.8 Å². The van der Waals surface area contributed by atoms with Crippen molar-refractivity contribution in [1.82, 2.24) is 0 Å². The van der Waals surface area contributed by atoms with E-state index in [1.54, 1.807) is 36.4 Å². The topological polar surface area (TPSA) is 129 Å². The second kappa shape index (κ2) is 10.7. The van der Waals surface area contributed by atoms with E-state index in [-0.39, 0.29) is 23.0 Å². The van der Waals surface area contributed by atoms with Crippen molar-refractivity contribution >= 4 is 42.1 Å². The summed E-state index contributed by atoms with van der Waals surface area (Å²) in [6, 6.07) is 17.1. The third kappa shape index (κ3) is 6.44. The lowest BCUT2D eigenvalue weighted by Gasteiger charge is -2.07. The Kier molecular flexibility index (Phi) is 8.10. The number of para-hydroxylation sites is 2. The van der Waals surface area contributed by atoms with E-state index in [4.69, 9.17) is 14.5 Å². The minimum atomic E-state index is -1.57. The van der Waals surface area contributed by atoms with Crippen molar-refractivity contribution in [2.75, 3.05) is 10.6 Å². The predicted molar refractivity (Wildman–Crippen MR) is 114 cm³/mol. The molecule has 0 saturated carbocycles. The summed E-state index contributed by atoms with van der Waals surface area (Å²) in [5.41, 5.74) is 2.12. The van der Waals surface area contributed by atoms with E-state index in [0.29, 0.717) is 23.4 Å². The summed E-state index contributed by atoms with van der Waals surface area (Å²) in [7, 11) is -1.57. The van der Waals surface area contributed by atoms with Gasteiger partial charge in [-0.2, -0.15) is 0 Å². The summed E-state index contributed by atoms with van der Waals surface area (Å²) < 4.78 is 5.32. The van der Waals surface area contributed by atoms with Gasteiger partial charge in [0.15, 0.2) is 12.0 Å². The van der Waals surface area contributed by atoms with E-state index in [2.05, 4.69) is 10.6 Å². The molecule has 0 fully saturated rings. The molecule has 1 aromatic heterocycles. The van der Waals surface area contributed by atoms with Crippen molar-refractivity contribution in [3.05, 3.63) is 66.4 Å². The average Bonchev–Trinajstić information content (AvgIpc) is 3.17. The van der Waals surface area contributed by atoms with Crippen LogP contribution in [0.4, 0.5) is 11.4 Å². The fourth-order valence-corrected chi connectivity index (χ4v) is 2.58. The van der Waals surface area contributed by atoms with Crippen LogP contribution in [0, 0.1) is 0 Å². The van der Waals surface area contributed by atoms with Gasteiger partial charge in [-0.3, -0.25) is 14.4 Å². The lowest BCUT2D eigenvalue weighted by molar-refractivity contribution is -0.115. The standard InChI is InChI=1S/C13H11NO3.C8H10BNO3/c1-9(16)14-12-5-3-2-4-11(12)13-7-6-10(8-15)17-13;1-6(11)10-8-5-3-2-4-7(8)9(12)13/h2-8H,1H3,(H,14,16);2-5,12-13H,1H3,(H,10,11). The van der Waals surface area contributed by atoms with Gasteiger partial charge in [0.05, 0.1) is 5.69 Å². The van der Waals surface area contributed by atoms with Gasteiger partial charge in [0.1, 0.15) is 5.76 Å². The maximum Gasteiger partial charge on any atom is 0.490 e. The van der Waals surface area contributed by atoms with Gasteiger partial charge in [0.2, 0.25) is 11.8 Å². The number of anilines is 2. The van der Waals surface area contributed by atoms with E-state index >= 15 is 0 Å². The number of carbonyl (C=O) groups is 3. The molecule has 2 amide bonds. The smallest absolute Gasteiger partial charge is 0.453 e. The third-order valence-corrected chi connectivity index (χ3v) is 3.80. The largest absolute Gasteiger partial charge is 0.490 e. The van der Waals surface area contributed by atoms with Gasteiger partial charge in [0.25, 0.3) is 0 Å². The minimum Gasteiger partial charge on any atom is -0.453 e. The minimum absolute atomic E-state index is 0.153. The molecule has 9 heteroatoms. The third-order valence-electron chi connectivity index (χ3n) is 3.80. The highest BCUT2D eigenvalue weighted by molar-refractivity contribution is 6.60. The molecule has 0 aliphatic carbocycles. The van der Waals surface area contributed by atoms with Gasteiger partial charge in [-0.1, -0.05) is 30.3 Å². The molecule has 30 heavy (non-hydrogen) atoms. The zero-order chi connectivity index (χ0) is 22.1. The Hall–Kier alpha value is -3.69. The summed E-state index contributed by atoms with van der Waals surface area (Å²) in [5, 5.41) is 23.1. The Balaban J connectivity index is 0.000000222. The zero-order valence-electron chi connectivity index (χ0n) is 16.5. The Bertz CT molecular complexity index is 1030. The van der Waals surface area contributed by atoms with Crippen molar-refractivity contribution < 1.29 is 28.8 Å². The van der Waals surface area contributed by atoms with Crippen LogP contribution < -0.4 is 16.1 Å². The van der Waals surface area contributed by atoms with Gasteiger partial charge in [-0.05, 0) is 30.3 Å². The number of hydrogen-bond donors (Lipinski definition) is 4. The van der Waals surface area contributed by atoms with Crippen LogP contribution >= 0.6 is 0 Å². The van der Waals surface area contributed by atoms with E-state index < -0.39 is 7.12 Å². The van der Waals surface area contributed by atoms with E-state index in [9.17, 15) is 14.4 Å². The molecule has 3 rings (SSSR count). The van der Waals surface area contributed by atoms with Crippen LogP contribution in [0.3, 0.4) is 0 Å². The molecule has 3 aromatic rings. The van der Waals surface area contributed by atoms with Gasteiger partial charge in [-0.15, -0.1) is 0 Å². The number of nitrogens with one attached hydrogen (secondary N) is 2. The highest BCUT2D eigenvalue weighted by Crippen LogP contribution is 2.29. The first-order valence-electron chi connectivity index (χ1n) is 8.96. The fourth-order valence-electron chi connectivity index (χ4n) is 2.58. The molecule has 1 heterocycles. The van der Waals surface area contributed by atoms with Crippen molar-refractivity contribution in [1.29, 1.82) is 0 Å². The molecule has 0 saturated heterocycles. The van der Waals surface area contributed by atoms with Crippen LogP contribution in [0.5, 0.6) is 0 Å². The molecule has 0 atom stereocenters. The number of hydrogen-bond acceptors (Lipinski definition) is 6. The van der Waals surface area contributed by atoms with Crippen LogP contribution in [0.2, 0.25) is 0 Å². The number of aldehydes is 1. The Morgan fingerprint density at radius 2 is 1.43 bits per heavy atom. The molecule has 2 aromatic carbocycles. The second-order valence-electron chi connectivity index (χ2n) is 6.19. The normalized spacial score (nSPS) is 9.73. The first-order valence-corrected chi connectivity index (χ1v) is 8.96. The Morgan fingerprint density at radius 3 is 2.00 bits per heavy atom. The molecule has 154 valence electrons. The van der Waals surface area contributed by atoms with Gasteiger partial charge < -0.3 is 25.1 Å². The van der Waals surface area contributed by atoms with E-state index in [1.165, 1.54) is 19.9 Å². The second-order valence-corrected chi connectivity index (χ2v) is 6.19. The predicted octanol–water partition coefficient (Wildman–Crippen LogP) is 2.04. The van der Waals surface area contributed by atoms with Crippen molar-refractivity contribution in [3.8, 4) is 11.3 Å². The molecule has 0 spiro atoms. The van der Waals surface area contributed by atoms with Gasteiger partial charge in [-0.25, -0.2) is 0 Å². The average molecular weight is 408 g/mol. The number of rotatable bonds is 5. The number of carbonyl (C=O) groups excluding carboxylic acids is 3. The summed E-state index contributed by atoms with van der Waals surface area (Å²) in [5.74, 6) is 0.418. The molecule has 0 aliphatic heterocycles. The van der Waals surface area contributed by atoms with Crippen LogP contribution in [0.25, 0.3) is 11.3 Å². The molecule has 0 bridgehead atoms. The van der Waals surface area contributed by atoms with Gasteiger partial charge in [0, 0.05) is 30.6 Å². The fraction of sp³-hybridized carbons (Fsp3) is 0.0952. The Labute approximate surface area is 173 Å². The molecular weight excluding hydrogens is 387 g/mol. The quantitative estimate of drug-likeness (QED) is 0.378. The Morgan fingerprint density at radius 1 is 0.867 bits per heavy atom. The van der Waals surface area contributed by atoms with Crippen LogP contribution in [-0.4, -0.2) is 35.3 Å². The highest BCUT2D eigenvalue weighted by Gasteiger charge is 2.15. The monoisotopic (exact) mass is 408 g/mol. The lowest BCUT2D eigenvalue weighted by atomic mass is 9.79. The SMILES string of the molecule is CC(=O)Nc1ccccc1-c1ccc(C=O)o1.CC(=O)Nc1ccccc1B(O)O. The zero-order valence-corrected chi connectivity index (χ0v) is 16.5. The molecular formula is C21H21BN2O6. The van der Waals surface area contributed by atoms with Crippen LogP contribution in [0.1, 0.15) is 24.4 Å². The first kappa shape index (κ1) is 22.6. The summed E-state index contributed by atoms with van der Waals surface area (Å²) in [6.07, 6.45) is 0.643. The van der Waals surface area contributed by atoms with Crippen molar-refractivity contribution in [3.63, 3.8) is 0 Å². The summed E-state index contributed by atoms with van der Waals surface area (Å²) in [4.78, 5) is 32.3. The highest BCUT2D eigenvalue weighted by atomic mass is 16.4. The molecule has 8 nitrogen and oxygen atoms in total. The molecule has 0 unspecified atom stereocenters. The number of furan rings is 1. The summed E-state index contributed by atoms with van der Waals surface area (Å²) in [6.45, 7) is 2.80. The molecule has 0 aliphatic rings. The van der Waals surface area contributed by atoms with Crippen LogP contribution in [0.15, 0.2) is 65.1 Å². The van der Waals surface area contributed by atoms with E-state index in [1.807, 2.05) is 18.2 Å². The molecule has 4 N–H and O–H groups in total. The maximum atomic E-state index is 11.1. The van der Waals surface area contributed by atoms with Crippen molar-refractivity contribution in [2.24, 2.45) is 0 Å². The van der Waals surface area contributed by atoms with Gasteiger partial charge >= 0.3 is 7.12 Å².